The van der Waals surface area contributed by atoms with Crippen LogP contribution in [-0.2, 0) is 6.54 Å². The van der Waals surface area contributed by atoms with Gasteiger partial charge >= 0.3 is 12.1 Å². The van der Waals surface area contributed by atoms with Crippen LogP contribution in [0.15, 0.2) is 12.3 Å². The predicted octanol–water partition coefficient (Wildman–Crippen LogP) is 2.28. The SMILES string of the molecule is CCn1nccc1C(=O)C(F)(F)C(F)(F)F. The standard InChI is InChI=1S/C8H7F5N2O/c1-2-15-5(3-4-14-15)6(16)7(9,10)8(11,12)13/h3-4H,2H2,1H3. The van der Waals surface area contributed by atoms with E-state index in [2.05, 4.69) is 5.10 Å². The van der Waals surface area contributed by atoms with Crippen LogP contribution in [0.25, 0.3) is 0 Å². The number of rotatable bonds is 3. The van der Waals surface area contributed by atoms with Crippen molar-refractivity contribution in [1.29, 1.82) is 0 Å². The van der Waals surface area contributed by atoms with Gasteiger partial charge in [0.25, 0.3) is 5.78 Å². The molecule has 0 saturated carbocycles. The molecule has 1 aromatic heterocycles. The van der Waals surface area contributed by atoms with E-state index >= 15 is 0 Å². The van der Waals surface area contributed by atoms with Crippen molar-refractivity contribution in [3.63, 3.8) is 0 Å². The van der Waals surface area contributed by atoms with Gasteiger partial charge in [0, 0.05) is 12.7 Å². The Balaban J connectivity index is 3.12. The number of carbonyl (C=O) groups excluding carboxylic acids is 1. The smallest absolute Gasteiger partial charge is 0.285 e. The van der Waals surface area contributed by atoms with Crippen molar-refractivity contribution >= 4 is 5.78 Å². The molecule has 0 aliphatic heterocycles. The third kappa shape index (κ3) is 1.91. The van der Waals surface area contributed by atoms with Crippen LogP contribution in [-0.4, -0.2) is 27.7 Å². The van der Waals surface area contributed by atoms with E-state index in [-0.39, 0.29) is 6.54 Å². The van der Waals surface area contributed by atoms with Crippen molar-refractivity contribution in [3.8, 4) is 0 Å². The zero-order valence-electron chi connectivity index (χ0n) is 8.05. The van der Waals surface area contributed by atoms with Gasteiger partial charge in [0.15, 0.2) is 0 Å². The Labute approximate surface area is 86.9 Å². The number of halogens is 5. The molecule has 0 radical (unpaired) electrons. The first-order chi connectivity index (χ1) is 7.21. The third-order valence-electron chi connectivity index (χ3n) is 1.89. The number of alkyl halides is 5. The summed E-state index contributed by atoms with van der Waals surface area (Å²) in [6.07, 6.45) is -4.91. The molecule has 1 heterocycles. The lowest BCUT2D eigenvalue weighted by Gasteiger charge is -2.18. The number of hydrogen-bond acceptors (Lipinski definition) is 2. The molecule has 0 atom stereocenters. The van der Waals surface area contributed by atoms with E-state index in [4.69, 9.17) is 0 Å². The van der Waals surface area contributed by atoms with Gasteiger partial charge in [-0.3, -0.25) is 9.48 Å². The molecule has 0 bridgehead atoms. The van der Waals surface area contributed by atoms with Gasteiger partial charge in [-0.15, -0.1) is 0 Å². The van der Waals surface area contributed by atoms with E-state index in [9.17, 15) is 26.7 Å². The zero-order chi connectivity index (χ0) is 12.6. The van der Waals surface area contributed by atoms with Crippen molar-refractivity contribution in [2.45, 2.75) is 25.6 Å². The molecule has 0 amide bonds. The molecule has 1 rings (SSSR count). The van der Waals surface area contributed by atoms with Crippen LogP contribution in [0, 0.1) is 0 Å². The number of hydrogen-bond donors (Lipinski definition) is 0. The van der Waals surface area contributed by atoms with Crippen LogP contribution in [0.2, 0.25) is 0 Å². The van der Waals surface area contributed by atoms with Crippen LogP contribution in [0.5, 0.6) is 0 Å². The van der Waals surface area contributed by atoms with Crippen molar-refractivity contribution in [3.05, 3.63) is 18.0 Å². The van der Waals surface area contributed by atoms with Crippen molar-refractivity contribution in [2.75, 3.05) is 0 Å². The summed E-state index contributed by atoms with van der Waals surface area (Å²) < 4.78 is 61.9. The number of Topliss-reactive ketones (excluding diaryl/α,β-unsaturated/α-hetero) is 1. The molecule has 0 N–H and O–H groups in total. The van der Waals surface area contributed by atoms with Crippen LogP contribution in [0.3, 0.4) is 0 Å². The highest BCUT2D eigenvalue weighted by atomic mass is 19.4. The van der Waals surface area contributed by atoms with E-state index in [0.717, 1.165) is 16.9 Å². The van der Waals surface area contributed by atoms with Gasteiger partial charge in [0.05, 0.1) is 0 Å². The molecule has 8 heteroatoms. The molecule has 0 aromatic carbocycles. The summed E-state index contributed by atoms with van der Waals surface area (Å²) in [5.74, 6) is -7.68. The number of ketones is 1. The topological polar surface area (TPSA) is 34.9 Å². The molecule has 1 aromatic rings. The lowest BCUT2D eigenvalue weighted by atomic mass is 10.1. The minimum atomic E-state index is -5.90. The number of carbonyl (C=O) groups is 1. The minimum absolute atomic E-state index is 0.0298. The number of aryl methyl sites for hydroxylation is 1. The minimum Gasteiger partial charge on any atom is -0.285 e. The summed E-state index contributed by atoms with van der Waals surface area (Å²) >= 11 is 0. The summed E-state index contributed by atoms with van der Waals surface area (Å²) in [6.45, 7) is 1.50. The van der Waals surface area contributed by atoms with E-state index < -0.39 is 23.6 Å². The highest BCUT2D eigenvalue weighted by Gasteiger charge is 2.63. The molecule has 0 saturated heterocycles. The monoisotopic (exact) mass is 242 g/mol. The first-order valence-electron chi connectivity index (χ1n) is 4.23. The van der Waals surface area contributed by atoms with E-state index in [1.165, 1.54) is 6.92 Å². The second-order valence-corrected chi connectivity index (χ2v) is 2.93. The largest absolute Gasteiger partial charge is 0.461 e. The number of aromatic nitrogens is 2. The maximum absolute atomic E-state index is 12.7. The van der Waals surface area contributed by atoms with Crippen molar-refractivity contribution in [1.82, 2.24) is 9.78 Å². The maximum atomic E-state index is 12.7. The maximum Gasteiger partial charge on any atom is 0.461 e. The van der Waals surface area contributed by atoms with E-state index in [0.29, 0.717) is 0 Å². The highest BCUT2D eigenvalue weighted by Crippen LogP contribution is 2.37. The van der Waals surface area contributed by atoms with Gasteiger partial charge in [-0.05, 0) is 13.0 Å². The van der Waals surface area contributed by atoms with Gasteiger partial charge < -0.3 is 0 Å². The number of nitrogens with zero attached hydrogens (tertiary/aromatic N) is 2. The molecule has 90 valence electrons. The molecule has 16 heavy (non-hydrogen) atoms. The lowest BCUT2D eigenvalue weighted by molar-refractivity contribution is -0.256. The summed E-state index contributed by atoms with van der Waals surface area (Å²) in [5.41, 5.74) is -0.759. The summed E-state index contributed by atoms with van der Waals surface area (Å²) in [5, 5.41) is 3.45. The van der Waals surface area contributed by atoms with Gasteiger partial charge in [0.1, 0.15) is 5.69 Å². The fraction of sp³-hybridized carbons (Fsp3) is 0.500. The average molecular weight is 242 g/mol. The quantitative estimate of drug-likeness (QED) is 0.602. The molecular formula is C8H7F5N2O. The Morgan fingerprint density at radius 2 is 1.94 bits per heavy atom. The lowest BCUT2D eigenvalue weighted by Crippen LogP contribution is -2.44. The first kappa shape index (κ1) is 12.6. The van der Waals surface area contributed by atoms with Gasteiger partial charge in [-0.1, -0.05) is 0 Å². The fourth-order valence-electron chi connectivity index (χ4n) is 1.07. The average Bonchev–Trinajstić information content (AvgIpc) is 2.62. The second kappa shape index (κ2) is 3.84. The second-order valence-electron chi connectivity index (χ2n) is 2.93. The molecule has 0 aliphatic rings. The Morgan fingerprint density at radius 3 is 2.38 bits per heavy atom. The van der Waals surface area contributed by atoms with Gasteiger partial charge in [0.2, 0.25) is 0 Å². The van der Waals surface area contributed by atoms with Crippen molar-refractivity contribution in [2.24, 2.45) is 0 Å². The third-order valence-corrected chi connectivity index (χ3v) is 1.89. The van der Waals surface area contributed by atoms with Crippen LogP contribution < -0.4 is 0 Å². The fourth-order valence-corrected chi connectivity index (χ4v) is 1.07. The Kier molecular flexibility index (Phi) is 3.02. The van der Waals surface area contributed by atoms with Crippen LogP contribution >= 0.6 is 0 Å². The molecule has 0 spiro atoms. The molecule has 0 aliphatic carbocycles. The Hall–Kier alpha value is -1.47. The molecular weight excluding hydrogens is 235 g/mol. The summed E-state index contributed by atoms with van der Waals surface area (Å²) in [6, 6.07) is 0.825. The Bertz CT molecular complexity index is 395. The normalized spacial score (nSPS) is 12.9. The first-order valence-corrected chi connectivity index (χ1v) is 4.23. The van der Waals surface area contributed by atoms with Crippen LogP contribution in [0.1, 0.15) is 17.4 Å². The van der Waals surface area contributed by atoms with Gasteiger partial charge in [-0.25, -0.2) is 0 Å². The van der Waals surface area contributed by atoms with Crippen molar-refractivity contribution < 1.29 is 26.7 Å². The summed E-state index contributed by atoms with van der Waals surface area (Å²) in [7, 11) is 0. The highest BCUT2D eigenvalue weighted by molar-refractivity contribution is 6.00. The molecule has 0 unspecified atom stereocenters. The molecule has 3 nitrogen and oxygen atoms in total. The van der Waals surface area contributed by atoms with Gasteiger partial charge in [-0.2, -0.15) is 27.1 Å². The predicted molar refractivity (Wildman–Crippen MR) is 43.2 cm³/mol. The van der Waals surface area contributed by atoms with Crippen LogP contribution in [0.4, 0.5) is 22.0 Å². The summed E-state index contributed by atoms with van der Waals surface area (Å²) in [4.78, 5) is 11.0. The van der Waals surface area contributed by atoms with E-state index in [1.54, 1.807) is 0 Å². The molecule has 0 fully saturated rings. The van der Waals surface area contributed by atoms with E-state index in [1.807, 2.05) is 0 Å². The Morgan fingerprint density at radius 1 is 1.38 bits per heavy atom. The zero-order valence-corrected chi connectivity index (χ0v) is 8.05.